The van der Waals surface area contributed by atoms with Crippen LogP contribution in [0.3, 0.4) is 0 Å². The van der Waals surface area contributed by atoms with Crippen molar-refractivity contribution in [3.8, 4) is 0 Å². The van der Waals surface area contributed by atoms with E-state index in [9.17, 15) is 9.59 Å². The van der Waals surface area contributed by atoms with Crippen LogP contribution in [0.5, 0.6) is 0 Å². The number of carbonyl (C=O) groups is 2. The molecule has 0 radical (unpaired) electrons. The van der Waals surface area contributed by atoms with E-state index in [1.54, 1.807) is 0 Å². The Kier molecular flexibility index (Phi) is 3.08. The molecule has 0 aliphatic carbocycles. The molecule has 1 rings (SSSR count). The minimum absolute atomic E-state index is 0.0324. The van der Waals surface area contributed by atoms with Crippen molar-refractivity contribution in [2.75, 3.05) is 6.54 Å². The molecule has 1 fully saturated rings. The summed E-state index contributed by atoms with van der Waals surface area (Å²) in [6.45, 7) is 2.21. The van der Waals surface area contributed by atoms with E-state index < -0.39 is 0 Å². The fraction of sp³-hybridized carbons (Fsp3) is 0.750. The first-order valence-corrected chi connectivity index (χ1v) is 4.22. The third-order valence-electron chi connectivity index (χ3n) is 1.89. The van der Waals surface area contributed by atoms with Crippen molar-refractivity contribution < 1.29 is 9.59 Å². The summed E-state index contributed by atoms with van der Waals surface area (Å²) in [5.41, 5.74) is 0. The first-order chi connectivity index (χ1) is 5.68. The predicted molar refractivity (Wildman–Crippen MR) is 44.5 cm³/mol. The molecule has 0 unspecified atom stereocenters. The zero-order valence-electron chi connectivity index (χ0n) is 7.22. The highest BCUT2D eigenvalue weighted by Gasteiger charge is 2.17. The Balaban J connectivity index is 2.41. The van der Waals surface area contributed by atoms with Gasteiger partial charge in [-0.2, -0.15) is 0 Å². The van der Waals surface area contributed by atoms with Crippen LogP contribution in [-0.4, -0.2) is 24.4 Å². The Bertz CT molecular complexity index is 191. The van der Waals surface area contributed by atoms with Gasteiger partial charge in [0.1, 0.15) is 0 Å². The van der Waals surface area contributed by atoms with Gasteiger partial charge in [0, 0.05) is 25.9 Å². The minimum atomic E-state index is -0.0605. The Morgan fingerprint density at radius 1 is 1.67 bits per heavy atom. The first kappa shape index (κ1) is 9.03. The molecule has 0 aromatic carbocycles. The van der Waals surface area contributed by atoms with Crippen LogP contribution in [-0.2, 0) is 9.59 Å². The SMILES string of the molecule is CC(=O)N[C@H]1CCCNC(=O)C1. The second-order valence-corrected chi connectivity index (χ2v) is 3.09. The molecule has 2 N–H and O–H groups in total. The molecular formula is C8H14N2O2. The third-order valence-corrected chi connectivity index (χ3v) is 1.89. The van der Waals surface area contributed by atoms with Gasteiger partial charge in [0.25, 0.3) is 0 Å². The van der Waals surface area contributed by atoms with Crippen LogP contribution in [0.2, 0.25) is 0 Å². The highest BCUT2D eigenvalue weighted by atomic mass is 16.2. The molecule has 68 valence electrons. The van der Waals surface area contributed by atoms with Crippen molar-refractivity contribution >= 4 is 11.8 Å². The van der Waals surface area contributed by atoms with Gasteiger partial charge in [-0.1, -0.05) is 0 Å². The summed E-state index contributed by atoms with van der Waals surface area (Å²) < 4.78 is 0. The predicted octanol–water partition coefficient (Wildman–Crippen LogP) is -0.209. The second-order valence-electron chi connectivity index (χ2n) is 3.09. The molecule has 12 heavy (non-hydrogen) atoms. The number of carbonyl (C=O) groups excluding carboxylic acids is 2. The van der Waals surface area contributed by atoms with Gasteiger partial charge in [-0.05, 0) is 12.8 Å². The van der Waals surface area contributed by atoms with E-state index in [4.69, 9.17) is 0 Å². The molecule has 0 spiro atoms. The quantitative estimate of drug-likeness (QED) is 0.572. The molecule has 0 aromatic heterocycles. The Morgan fingerprint density at radius 2 is 2.42 bits per heavy atom. The molecule has 4 heteroatoms. The van der Waals surface area contributed by atoms with E-state index in [0.29, 0.717) is 6.42 Å². The van der Waals surface area contributed by atoms with Crippen molar-refractivity contribution in [3.63, 3.8) is 0 Å². The van der Waals surface area contributed by atoms with Gasteiger partial charge in [0.15, 0.2) is 0 Å². The van der Waals surface area contributed by atoms with Crippen molar-refractivity contribution in [2.24, 2.45) is 0 Å². The van der Waals surface area contributed by atoms with Gasteiger partial charge >= 0.3 is 0 Å². The Labute approximate surface area is 71.7 Å². The molecule has 2 amide bonds. The molecular weight excluding hydrogens is 156 g/mol. The van der Waals surface area contributed by atoms with Gasteiger partial charge in [0.2, 0.25) is 11.8 Å². The second kappa shape index (κ2) is 4.09. The Hall–Kier alpha value is -1.06. The van der Waals surface area contributed by atoms with Gasteiger partial charge in [0.05, 0.1) is 0 Å². The maximum Gasteiger partial charge on any atom is 0.222 e. The van der Waals surface area contributed by atoms with E-state index in [-0.39, 0.29) is 17.9 Å². The smallest absolute Gasteiger partial charge is 0.222 e. The summed E-state index contributed by atoms with van der Waals surface area (Å²) in [6, 6.07) is 0.0324. The largest absolute Gasteiger partial charge is 0.356 e. The zero-order valence-corrected chi connectivity index (χ0v) is 7.22. The normalized spacial score (nSPS) is 24.1. The molecule has 1 saturated heterocycles. The summed E-state index contributed by atoms with van der Waals surface area (Å²) in [6.07, 6.45) is 2.24. The fourth-order valence-corrected chi connectivity index (χ4v) is 1.38. The van der Waals surface area contributed by atoms with E-state index in [1.165, 1.54) is 6.92 Å². The molecule has 4 nitrogen and oxygen atoms in total. The van der Waals surface area contributed by atoms with Crippen LogP contribution in [0.4, 0.5) is 0 Å². The van der Waals surface area contributed by atoms with E-state index in [0.717, 1.165) is 19.4 Å². The molecule has 0 bridgehead atoms. The van der Waals surface area contributed by atoms with E-state index in [2.05, 4.69) is 10.6 Å². The van der Waals surface area contributed by atoms with Gasteiger partial charge in [-0.25, -0.2) is 0 Å². The average molecular weight is 170 g/mol. The standard InChI is InChI=1S/C8H14N2O2/c1-6(11)10-7-3-2-4-9-8(12)5-7/h7H,2-5H2,1H3,(H,9,12)(H,10,11)/t7-/m0/s1. The van der Waals surface area contributed by atoms with Crippen molar-refractivity contribution in [3.05, 3.63) is 0 Å². The van der Waals surface area contributed by atoms with E-state index in [1.807, 2.05) is 0 Å². The summed E-state index contributed by atoms with van der Waals surface area (Å²) in [5.74, 6) is -0.0269. The molecule has 1 aliphatic rings. The van der Waals surface area contributed by atoms with E-state index >= 15 is 0 Å². The topological polar surface area (TPSA) is 58.2 Å². The summed E-state index contributed by atoms with van der Waals surface area (Å²) >= 11 is 0. The number of rotatable bonds is 1. The van der Waals surface area contributed by atoms with Crippen LogP contribution in [0.1, 0.15) is 26.2 Å². The van der Waals surface area contributed by atoms with Crippen LogP contribution >= 0.6 is 0 Å². The number of amides is 2. The lowest BCUT2D eigenvalue weighted by atomic mass is 10.1. The lowest BCUT2D eigenvalue weighted by Gasteiger charge is -2.12. The molecule has 1 aliphatic heterocycles. The van der Waals surface area contributed by atoms with Crippen LogP contribution in [0.15, 0.2) is 0 Å². The van der Waals surface area contributed by atoms with Crippen molar-refractivity contribution in [1.29, 1.82) is 0 Å². The number of hydrogen-bond donors (Lipinski definition) is 2. The first-order valence-electron chi connectivity index (χ1n) is 4.22. The molecule has 0 aromatic rings. The monoisotopic (exact) mass is 170 g/mol. The highest BCUT2D eigenvalue weighted by molar-refractivity contribution is 5.78. The summed E-state index contributed by atoms with van der Waals surface area (Å²) in [4.78, 5) is 21.7. The van der Waals surface area contributed by atoms with Crippen LogP contribution < -0.4 is 10.6 Å². The van der Waals surface area contributed by atoms with Crippen LogP contribution in [0.25, 0.3) is 0 Å². The maximum atomic E-state index is 11.0. The lowest BCUT2D eigenvalue weighted by molar-refractivity contribution is -0.122. The van der Waals surface area contributed by atoms with Crippen molar-refractivity contribution in [1.82, 2.24) is 10.6 Å². The average Bonchev–Trinajstić information content (AvgIpc) is 2.12. The summed E-state index contributed by atoms with van der Waals surface area (Å²) in [5, 5.41) is 5.51. The van der Waals surface area contributed by atoms with Gasteiger partial charge in [-0.3, -0.25) is 9.59 Å². The molecule has 1 atom stereocenters. The number of nitrogens with one attached hydrogen (secondary N) is 2. The third kappa shape index (κ3) is 2.90. The molecule has 1 heterocycles. The zero-order chi connectivity index (χ0) is 8.97. The van der Waals surface area contributed by atoms with Gasteiger partial charge in [-0.15, -0.1) is 0 Å². The maximum absolute atomic E-state index is 11.0. The minimum Gasteiger partial charge on any atom is -0.356 e. The van der Waals surface area contributed by atoms with Crippen LogP contribution in [0, 0.1) is 0 Å². The molecule has 0 saturated carbocycles. The summed E-state index contributed by atoms with van der Waals surface area (Å²) in [7, 11) is 0. The van der Waals surface area contributed by atoms with Gasteiger partial charge < -0.3 is 10.6 Å². The lowest BCUT2D eigenvalue weighted by Crippen LogP contribution is -2.35. The highest BCUT2D eigenvalue weighted by Crippen LogP contribution is 2.05. The van der Waals surface area contributed by atoms with Crippen molar-refractivity contribution in [2.45, 2.75) is 32.2 Å². The fourth-order valence-electron chi connectivity index (χ4n) is 1.38. The number of hydrogen-bond acceptors (Lipinski definition) is 2. The Morgan fingerprint density at radius 3 is 3.08 bits per heavy atom.